The normalized spacial score (nSPS) is 19.5. The SMILES string of the molecule is C=C1C(C(=O)Oc2ccccc2)CC1c1coc2ccc(OC)cc12. The summed E-state index contributed by atoms with van der Waals surface area (Å²) in [6.45, 7) is 4.12. The molecule has 4 heteroatoms. The van der Waals surface area contributed by atoms with E-state index in [1.807, 2.05) is 36.4 Å². The largest absolute Gasteiger partial charge is 0.497 e. The molecule has 1 saturated carbocycles. The molecule has 1 aliphatic carbocycles. The van der Waals surface area contributed by atoms with Crippen molar-refractivity contribution in [2.75, 3.05) is 7.11 Å². The lowest BCUT2D eigenvalue weighted by Gasteiger charge is -2.36. The molecule has 0 amide bonds. The number of fused-ring (bicyclic) bond motifs is 1. The molecule has 0 radical (unpaired) electrons. The lowest BCUT2D eigenvalue weighted by Crippen LogP contribution is -2.34. The van der Waals surface area contributed by atoms with E-state index >= 15 is 0 Å². The Balaban J connectivity index is 1.51. The van der Waals surface area contributed by atoms with E-state index in [4.69, 9.17) is 13.9 Å². The second-order valence-electron chi connectivity index (χ2n) is 6.20. The van der Waals surface area contributed by atoms with Gasteiger partial charge < -0.3 is 13.9 Å². The molecule has 2 atom stereocenters. The quantitative estimate of drug-likeness (QED) is 0.394. The molecule has 3 aromatic rings. The molecular formula is C21H18O4. The first-order chi connectivity index (χ1) is 12.2. The number of esters is 1. The molecule has 0 bridgehead atoms. The van der Waals surface area contributed by atoms with Crippen molar-refractivity contribution in [2.24, 2.45) is 5.92 Å². The van der Waals surface area contributed by atoms with Crippen LogP contribution < -0.4 is 9.47 Å². The second kappa shape index (κ2) is 6.13. The molecule has 4 rings (SSSR count). The van der Waals surface area contributed by atoms with Gasteiger partial charge >= 0.3 is 5.97 Å². The highest BCUT2D eigenvalue weighted by molar-refractivity contribution is 5.86. The van der Waals surface area contributed by atoms with Crippen molar-refractivity contribution in [1.29, 1.82) is 0 Å². The number of carbonyl (C=O) groups excluding carboxylic acids is 1. The molecule has 2 unspecified atom stereocenters. The van der Waals surface area contributed by atoms with Crippen LogP contribution in [0.3, 0.4) is 0 Å². The van der Waals surface area contributed by atoms with E-state index < -0.39 is 0 Å². The zero-order valence-corrected chi connectivity index (χ0v) is 13.9. The van der Waals surface area contributed by atoms with Crippen LogP contribution in [0.2, 0.25) is 0 Å². The number of carbonyl (C=O) groups is 1. The molecule has 0 aliphatic heterocycles. The van der Waals surface area contributed by atoms with Gasteiger partial charge in [-0.05, 0) is 36.8 Å². The number of ether oxygens (including phenoxy) is 2. The fraction of sp³-hybridized carbons (Fsp3) is 0.190. The van der Waals surface area contributed by atoms with E-state index in [-0.39, 0.29) is 17.8 Å². The summed E-state index contributed by atoms with van der Waals surface area (Å²) in [7, 11) is 1.64. The summed E-state index contributed by atoms with van der Waals surface area (Å²) in [6.07, 6.45) is 2.43. The molecule has 25 heavy (non-hydrogen) atoms. The van der Waals surface area contributed by atoms with E-state index in [1.54, 1.807) is 25.5 Å². The topological polar surface area (TPSA) is 48.7 Å². The summed E-state index contributed by atoms with van der Waals surface area (Å²) < 4.78 is 16.4. The van der Waals surface area contributed by atoms with Gasteiger partial charge in [-0.15, -0.1) is 0 Å². The van der Waals surface area contributed by atoms with Crippen LogP contribution in [0, 0.1) is 5.92 Å². The minimum Gasteiger partial charge on any atom is -0.497 e. The number of methoxy groups -OCH3 is 1. The fourth-order valence-corrected chi connectivity index (χ4v) is 3.30. The zero-order chi connectivity index (χ0) is 17.4. The van der Waals surface area contributed by atoms with Crippen LogP contribution in [0.4, 0.5) is 0 Å². The maximum Gasteiger partial charge on any atom is 0.318 e. The van der Waals surface area contributed by atoms with Crippen LogP contribution in [0.15, 0.2) is 71.4 Å². The molecule has 1 fully saturated rings. The molecule has 2 aromatic carbocycles. The number of hydrogen-bond acceptors (Lipinski definition) is 4. The number of rotatable bonds is 4. The average molecular weight is 334 g/mol. The molecule has 126 valence electrons. The molecular weight excluding hydrogens is 316 g/mol. The highest BCUT2D eigenvalue weighted by atomic mass is 16.5. The van der Waals surface area contributed by atoms with Gasteiger partial charge in [0.1, 0.15) is 17.1 Å². The maximum absolute atomic E-state index is 12.4. The molecule has 1 heterocycles. The Bertz CT molecular complexity index is 939. The lowest BCUT2D eigenvalue weighted by molar-refractivity contribution is -0.139. The van der Waals surface area contributed by atoms with Crippen molar-refractivity contribution < 1.29 is 18.7 Å². The zero-order valence-electron chi connectivity index (χ0n) is 13.9. The first-order valence-electron chi connectivity index (χ1n) is 8.18. The lowest BCUT2D eigenvalue weighted by atomic mass is 9.67. The Hall–Kier alpha value is -3.01. The van der Waals surface area contributed by atoms with Crippen molar-refractivity contribution in [2.45, 2.75) is 12.3 Å². The molecule has 0 spiro atoms. The van der Waals surface area contributed by atoms with Crippen LogP contribution in [0.1, 0.15) is 17.9 Å². The third kappa shape index (κ3) is 2.70. The standard InChI is InChI=1S/C21H18O4/c1-13-16(11-17(13)21(22)25-14-6-4-3-5-7-14)19-12-24-20-9-8-15(23-2)10-18(19)20/h3-10,12,16-17H,1,11H2,2H3. The van der Waals surface area contributed by atoms with Crippen LogP contribution in [0.25, 0.3) is 11.0 Å². The van der Waals surface area contributed by atoms with Crippen LogP contribution in [-0.2, 0) is 4.79 Å². The van der Waals surface area contributed by atoms with Gasteiger partial charge in [0.15, 0.2) is 0 Å². The third-order valence-electron chi connectivity index (χ3n) is 4.80. The average Bonchev–Trinajstić information content (AvgIpc) is 3.04. The Morgan fingerprint density at radius 3 is 2.68 bits per heavy atom. The Morgan fingerprint density at radius 2 is 1.96 bits per heavy atom. The van der Waals surface area contributed by atoms with E-state index in [2.05, 4.69) is 6.58 Å². The van der Waals surface area contributed by atoms with E-state index in [9.17, 15) is 4.79 Å². The second-order valence-corrected chi connectivity index (χ2v) is 6.20. The number of para-hydroxylation sites is 1. The van der Waals surface area contributed by atoms with Crippen LogP contribution in [0.5, 0.6) is 11.5 Å². The number of hydrogen-bond donors (Lipinski definition) is 0. The van der Waals surface area contributed by atoms with Gasteiger partial charge in [0.25, 0.3) is 0 Å². The van der Waals surface area contributed by atoms with Gasteiger partial charge in [0.05, 0.1) is 19.3 Å². The Morgan fingerprint density at radius 1 is 1.16 bits per heavy atom. The molecule has 0 N–H and O–H groups in total. The van der Waals surface area contributed by atoms with E-state index in [1.165, 1.54) is 0 Å². The summed E-state index contributed by atoms with van der Waals surface area (Å²) in [5.41, 5.74) is 2.72. The van der Waals surface area contributed by atoms with Gasteiger partial charge in [0.2, 0.25) is 0 Å². The predicted molar refractivity (Wildman–Crippen MR) is 94.8 cm³/mol. The number of furan rings is 1. The van der Waals surface area contributed by atoms with Crippen molar-refractivity contribution in [3.63, 3.8) is 0 Å². The van der Waals surface area contributed by atoms with E-state index in [0.717, 1.165) is 27.9 Å². The van der Waals surface area contributed by atoms with Gasteiger partial charge in [-0.1, -0.05) is 30.4 Å². The Kier molecular flexibility index (Phi) is 3.80. The maximum atomic E-state index is 12.4. The molecule has 1 aliphatic rings. The summed E-state index contributed by atoms with van der Waals surface area (Å²) in [5.74, 6) is 0.905. The van der Waals surface area contributed by atoms with Crippen molar-refractivity contribution in [1.82, 2.24) is 0 Å². The summed E-state index contributed by atoms with van der Waals surface area (Å²) in [6, 6.07) is 14.8. The van der Waals surface area contributed by atoms with Gasteiger partial charge in [0, 0.05) is 16.9 Å². The van der Waals surface area contributed by atoms with E-state index in [0.29, 0.717) is 12.2 Å². The smallest absolute Gasteiger partial charge is 0.318 e. The van der Waals surface area contributed by atoms with Crippen LogP contribution >= 0.6 is 0 Å². The monoisotopic (exact) mass is 334 g/mol. The summed E-state index contributed by atoms with van der Waals surface area (Å²) >= 11 is 0. The van der Waals surface area contributed by atoms with Gasteiger partial charge in [-0.3, -0.25) is 4.79 Å². The third-order valence-corrected chi connectivity index (χ3v) is 4.80. The predicted octanol–water partition coefficient (Wildman–Crippen LogP) is 4.71. The van der Waals surface area contributed by atoms with Gasteiger partial charge in [-0.25, -0.2) is 0 Å². The molecule has 4 nitrogen and oxygen atoms in total. The first-order valence-corrected chi connectivity index (χ1v) is 8.18. The van der Waals surface area contributed by atoms with Crippen molar-refractivity contribution in [3.05, 3.63) is 72.5 Å². The summed E-state index contributed by atoms with van der Waals surface area (Å²) in [4.78, 5) is 12.4. The molecule has 0 saturated heterocycles. The highest BCUT2D eigenvalue weighted by Crippen LogP contribution is 2.49. The highest BCUT2D eigenvalue weighted by Gasteiger charge is 2.42. The number of benzene rings is 2. The summed E-state index contributed by atoms with van der Waals surface area (Å²) in [5, 5.41) is 1.00. The fourth-order valence-electron chi connectivity index (χ4n) is 3.30. The van der Waals surface area contributed by atoms with Gasteiger partial charge in [-0.2, -0.15) is 0 Å². The molecule has 1 aromatic heterocycles. The Labute approximate surface area is 145 Å². The first kappa shape index (κ1) is 15.5. The minimum atomic E-state index is -0.277. The van der Waals surface area contributed by atoms with Crippen molar-refractivity contribution >= 4 is 16.9 Å². The van der Waals surface area contributed by atoms with Crippen molar-refractivity contribution in [3.8, 4) is 11.5 Å². The minimum absolute atomic E-state index is 0.0988. The van der Waals surface area contributed by atoms with Crippen LogP contribution in [-0.4, -0.2) is 13.1 Å².